The number of hydrogen-bond donors (Lipinski definition) is 1. The third-order valence-corrected chi connectivity index (χ3v) is 4.04. The minimum atomic E-state index is -0.139. The van der Waals surface area contributed by atoms with Crippen molar-refractivity contribution in [3.8, 4) is 0 Å². The minimum Gasteiger partial charge on any atom is -0.395 e. The Morgan fingerprint density at radius 2 is 1.83 bits per heavy atom. The van der Waals surface area contributed by atoms with Crippen LogP contribution in [0, 0.1) is 0 Å². The second kappa shape index (κ2) is 6.89. The van der Waals surface area contributed by atoms with Gasteiger partial charge in [0.05, 0.1) is 24.1 Å². The van der Waals surface area contributed by atoms with Gasteiger partial charge in [0.25, 0.3) is 5.56 Å². The fraction of sp³-hybridized carbons (Fsp3) is 0.111. The average Bonchev–Trinajstić information content (AvgIpc) is 2.57. The molecule has 0 saturated carbocycles. The molecule has 0 bridgehead atoms. The van der Waals surface area contributed by atoms with Crippen LogP contribution >= 0.6 is 15.9 Å². The summed E-state index contributed by atoms with van der Waals surface area (Å²) in [7, 11) is 0. The van der Waals surface area contributed by atoms with Gasteiger partial charge < -0.3 is 5.11 Å². The number of hydrogen-bond acceptors (Lipinski definition) is 3. The Hall–Kier alpha value is -2.24. The van der Waals surface area contributed by atoms with Crippen molar-refractivity contribution in [1.29, 1.82) is 0 Å². The summed E-state index contributed by atoms with van der Waals surface area (Å²) in [5.74, 6) is 0.533. The lowest BCUT2D eigenvalue weighted by molar-refractivity contribution is 0.273. The maximum Gasteiger partial charge on any atom is 0.261 e. The Kier molecular flexibility index (Phi) is 4.69. The van der Waals surface area contributed by atoms with Crippen molar-refractivity contribution in [1.82, 2.24) is 9.55 Å². The van der Waals surface area contributed by atoms with Gasteiger partial charge in [0.15, 0.2) is 0 Å². The fourth-order valence-corrected chi connectivity index (χ4v) is 2.64. The lowest BCUT2D eigenvalue weighted by Crippen LogP contribution is -2.25. The number of rotatable bonds is 4. The van der Waals surface area contributed by atoms with Crippen LogP contribution in [0.2, 0.25) is 0 Å². The molecule has 0 spiro atoms. The van der Waals surface area contributed by atoms with Gasteiger partial charge in [-0.2, -0.15) is 0 Å². The molecule has 0 amide bonds. The van der Waals surface area contributed by atoms with Crippen LogP contribution in [0.15, 0.2) is 57.8 Å². The first-order valence-corrected chi connectivity index (χ1v) is 8.02. The van der Waals surface area contributed by atoms with Crippen molar-refractivity contribution in [2.75, 3.05) is 6.61 Å². The Bertz CT molecular complexity index is 914. The fourth-order valence-electron chi connectivity index (χ4n) is 2.37. The summed E-state index contributed by atoms with van der Waals surface area (Å²) < 4.78 is 2.51. The Morgan fingerprint density at radius 3 is 2.57 bits per heavy atom. The van der Waals surface area contributed by atoms with E-state index in [1.165, 1.54) is 4.57 Å². The number of nitrogens with zero attached hydrogens (tertiary/aromatic N) is 2. The summed E-state index contributed by atoms with van der Waals surface area (Å²) in [6.07, 6.45) is 3.70. The molecule has 1 aromatic heterocycles. The van der Waals surface area contributed by atoms with Gasteiger partial charge in [-0.15, -0.1) is 0 Å². The van der Waals surface area contributed by atoms with Gasteiger partial charge in [-0.3, -0.25) is 9.36 Å². The van der Waals surface area contributed by atoms with Crippen molar-refractivity contribution in [2.24, 2.45) is 0 Å². The Morgan fingerprint density at radius 1 is 1.09 bits per heavy atom. The summed E-state index contributed by atoms with van der Waals surface area (Å²) in [5.41, 5.74) is 1.52. The first-order chi connectivity index (χ1) is 11.2. The van der Waals surface area contributed by atoms with Crippen LogP contribution in [-0.2, 0) is 6.54 Å². The SMILES string of the molecule is O=c1c2ccccc2nc(/C=C/c2ccc(Br)cc2)n1CCO. The Labute approximate surface area is 141 Å². The zero-order chi connectivity index (χ0) is 16.2. The zero-order valence-corrected chi connectivity index (χ0v) is 13.9. The molecule has 2 aromatic carbocycles. The molecule has 1 N–H and O–H groups in total. The summed E-state index contributed by atoms with van der Waals surface area (Å²) in [6, 6.07) is 15.1. The number of aliphatic hydroxyl groups excluding tert-OH is 1. The number of benzene rings is 2. The minimum absolute atomic E-state index is 0.112. The molecule has 3 aromatic rings. The van der Waals surface area contributed by atoms with Gasteiger partial charge in [0.2, 0.25) is 0 Å². The highest BCUT2D eigenvalue weighted by Crippen LogP contribution is 2.14. The molecule has 0 radical (unpaired) electrons. The van der Waals surface area contributed by atoms with E-state index < -0.39 is 0 Å². The number of para-hydroxylation sites is 1. The molecule has 0 fully saturated rings. The predicted octanol–water partition coefficient (Wildman–Crippen LogP) is 3.32. The second-order valence-corrected chi connectivity index (χ2v) is 5.97. The van der Waals surface area contributed by atoms with E-state index in [-0.39, 0.29) is 18.7 Å². The van der Waals surface area contributed by atoms with Gasteiger partial charge in [0.1, 0.15) is 5.82 Å². The van der Waals surface area contributed by atoms with E-state index in [2.05, 4.69) is 20.9 Å². The van der Waals surface area contributed by atoms with E-state index in [0.29, 0.717) is 16.7 Å². The van der Waals surface area contributed by atoms with E-state index >= 15 is 0 Å². The van der Waals surface area contributed by atoms with E-state index in [1.54, 1.807) is 12.1 Å². The van der Waals surface area contributed by atoms with Crippen molar-refractivity contribution < 1.29 is 5.11 Å². The molecule has 0 saturated heterocycles. The molecule has 0 aliphatic rings. The summed E-state index contributed by atoms with van der Waals surface area (Å²) >= 11 is 3.40. The molecular formula is C18H15BrN2O2. The van der Waals surface area contributed by atoms with Crippen molar-refractivity contribution in [2.45, 2.75) is 6.54 Å². The molecule has 0 aliphatic carbocycles. The smallest absolute Gasteiger partial charge is 0.261 e. The molecule has 116 valence electrons. The first kappa shape index (κ1) is 15.6. The van der Waals surface area contributed by atoms with E-state index in [0.717, 1.165) is 10.0 Å². The molecule has 0 aliphatic heterocycles. The van der Waals surface area contributed by atoms with Gasteiger partial charge in [-0.25, -0.2) is 4.98 Å². The average molecular weight is 371 g/mol. The third-order valence-electron chi connectivity index (χ3n) is 3.51. The second-order valence-electron chi connectivity index (χ2n) is 5.05. The quantitative estimate of drug-likeness (QED) is 0.766. The molecule has 3 rings (SSSR count). The monoisotopic (exact) mass is 370 g/mol. The highest BCUT2D eigenvalue weighted by molar-refractivity contribution is 9.10. The highest BCUT2D eigenvalue weighted by atomic mass is 79.9. The van der Waals surface area contributed by atoms with Gasteiger partial charge in [-0.1, -0.05) is 46.3 Å². The normalized spacial score (nSPS) is 11.4. The topological polar surface area (TPSA) is 55.1 Å². The van der Waals surface area contributed by atoms with Gasteiger partial charge in [-0.05, 0) is 35.9 Å². The summed E-state index contributed by atoms with van der Waals surface area (Å²) in [5, 5.41) is 9.80. The number of fused-ring (bicyclic) bond motifs is 1. The van der Waals surface area contributed by atoms with Crippen LogP contribution in [0.1, 0.15) is 11.4 Å². The molecule has 0 unspecified atom stereocenters. The predicted molar refractivity (Wildman–Crippen MR) is 96.2 cm³/mol. The number of aromatic nitrogens is 2. The first-order valence-electron chi connectivity index (χ1n) is 7.23. The standard InChI is InChI=1S/C18H15BrN2O2/c19-14-8-5-13(6-9-14)7-10-17-20-16-4-2-1-3-15(16)18(23)21(17)11-12-22/h1-10,22H,11-12H2/b10-7+. The largest absolute Gasteiger partial charge is 0.395 e. The molecule has 5 heteroatoms. The van der Waals surface area contributed by atoms with Crippen molar-refractivity contribution in [3.63, 3.8) is 0 Å². The third kappa shape index (κ3) is 3.41. The highest BCUT2D eigenvalue weighted by Gasteiger charge is 2.08. The van der Waals surface area contributed by atoms with Crippen LogP contribution < -0.4 is 5.56 Å². The zero-order valence-electron chi connectivity index (χ0n) is 12.3. The molecule has 4 nitrogen and oxygen atoms in total. The lowest BCUT2D eigenvalue weighted by atomic mass is 10.2. The number of halogens is 1. The van der Waals surface area contributed by atoms with E-state index in [4.69, 9.17) is 0 Å². The molecule has 23 heavy (non-hydrogen) atoms. The van der Waals surface area contributed by atoms with Gasteiger partial charge in [0, 0.05) is 4.47 Å². The summed E-state index contributed by atoms with van der Waals surface area (Å²) in [6.45, 7) is 0.107. The van der Waals surface area contributed by atoms with Crippen LogP contribution in [0.4, 0.5) is 0 Å². The summed E-state index contributed by atoms with van der Waals surface area (Å²) in [4.78, 5) is 17.1. The maximum absolute atomic E-state index is 12.6. The van der Waals surface area contributed by atoms with E-state index in [1.807, 2.05) is 48.5 Å². The van der Waals surface area contributed by atoms with E-state index in [9.17, 15) is 9.90 Å². The van der Waals surface area contributed by atoms with Crippen LogP contribution in [0.5, 0.6) is 0 Å². The molecule has 0 atom stereocenters. The van der Waals surface area contributed by atoms with Gasteiger partial charge >= 0.3 is 0 Å². The van der Waals surface area contributed by atoms with Crippen molar-refractivity contribution in [3.05, 3.63) is 74.7 Å². The lowest BCUT2D eigenvalue weighted by Gasteiger charge is -2.09. The Balaban J connectivity index is 2.09. The molecule has 1 heterocycles. The van der Waals surface area contributed by atoms with Crippen LogP contribution in [0.3, 0.4) is 0 Å². The van der Waals surface area contributed by atoms with Crippen LogP contribution in [-0.4, -0.2) is 21.3 Å². The number of aliphatic hydroxyl groups is 1. The molecular weight excluding hydrogens is 356 g/mol. The maximum atomic E-state index is 12.6. The van der Waals surface area contributed by atoms with Crippen molar-refractivity contribution >= 4 is 39.0 Å². The van der Waals surface area contributed by atoms with Crippen LogP contribution in [0.25, 0.3) is 23.1 Å².